The molecule has 4 nitrogen and oxygen atoms in total. The lowest BCUT2D eigenvalue weighted by atomic mass is 9.93. The second-order valence-corrected chi connectivity index (χ2v) is 3.59. The molecule has 0 unspecified atom stereocenters. The standard InChI is InChI=1S/C11H12N2O2/c1-6-7(2)10(5-12)9(4)11(8(6)3)13(14)15/h1-4H3. The van der Waals surface area contributed by atoms with Gasteiger partial charge >= 0.3 is 0 Å². The third kappa shape index (κ3) is 1.57. The van der Waals surface area contributed by atoms with Gasteiger partial charge in [-0.25, -0.2) is 0 Å². The molecule has 1 rings (SSSR count). The van der Waals surface area contributed by atoms with E-state index in [1.54, 1.807) is 20.8 Å². The van der Waals surface area contributed by atoms with Crippen LogP contribution in [-0.2, 0) is 0 Å². The van der Waals surface area contributed by atoms with E-state index < -0.39 is 4.92 Å². The average Bonchev–Trinajstić information content (AvgIpc) is 2.15. The SMILES string of the molecule is Cc1c(C)c(C#N)c(C)c([N+](=O)[O-])c1C. The van der Waals surface area contributed by atoms with E-state index in [1.807, 2.05) is 13.0 Å². The quantitative estimate of drug-likeness (QED) is 0.521. The van der Waals surface area contributed by atoms with Gasteiger partial charge in [0.2, 0.25) is 0 Å². The topological polar surface area (TPSA) is 66.9 Å². The minimum Gasteiger partial charge on any atom is -0.258 e. The summed E-state index contributed by atoms with van der Waals surface area (Å²) in [7, 11) is 0. The van der Waals surface area contributed by atoms with Crippen molar-refractivity contribution in [1.29, 1.82) is 5.26 Å². The van der Waals surface area contributed by atoms with Crippen LogP contribution < -0.4 is 0 Å². The molecular formula is C11H12N2O2. The number of nitrogens with zero attached hydrogens (tertiary/aromatic N) is 2. The van der Waals surface area contributed by atoms with Crippen LogP contribution in [0.3, 0.4) is 0 Å². The zero-order valence-electron chi connectivity index (χ0n) is 9.21. The van der Waals surface area contributed by atoms with Gasteiger partial charge in [0.1, 0.15) is 0 Å². The van der Waals surface area contributed by atoms with Gasteiger partial charge in [0, 0.05) is 11.1 Å². The van der Waals surface area contributed by atoms with E-state index in [-0.39, 0.29) is 5.69 Å². The van der Waals surface area contributed by atoms with Crippen LogP contribution in [0.4, 0.5) is 5.69 Å². The molecule has 78 valence electrons. The summed E-state index contributed by atoms with van der Waals surface area (Å²) in [5.74, 6) is 0. The monoisotopic (exact) mass is 204 g/mol. The summed E-state index contributed by atoms with van der Waals surface area (Å²) >= 11 is 0. The molecule has 0 heterocycles. The molecule has 0 aliphatic carbocycles. The Balaban J connectivity index is 3.78. The van der Waals surface area contributed by atoms with Crippen molar-refractivity contribution >= 4 is 5.69 Å². The van der Waals surface area contributed by atoms with Crippen molar-refractivity contribution in [3.8, 4) is 6.07 Å². The van der Waals surface area contributed by atoms with Crippen molar-refractivity contribution in [2.45, 2.75) is 27.7 Å². The molecule has 0 spiro atoms. The smallest absolute Gasteiger partial charge is 0.258 e. The van der Waals surface area contributed by atoms with Crippen LogP contribution in [0, 0.1) is 49.1 Å². The second-order valence-electron chi connectivity index (χ2n) is 3.59. The Labute approximate surface area is 88.3 Å². The zero-order chi connectivity index (χ0) is 11.7. The van der Waals surface area contributed by atoms with E-state index >= 15 is 0 Å². The third-order valence-corrected chi connectivity index (χ3v) is 2.88. The van der Waals surface area contributed by atoms with Crippen molar-refractivity contribution < 1.29 is 4.92 Å². The molecule has 0 fully saturated rings. The Kier molecular flexibility index (Phi) is 2.76. The molecule has 0 aromatic heterocycles. The number of rotatable bonds is 1. The van der Waals surface area contributed by atoms with E-state index in [2.05, 4.69) is 0 Å². The Bertz CT molecular complexity index is 485. The summed E-state index contributed by atoms with van der Waals surface area (Å²) in [6.45, 7) is 6.96. The molecular weight excluding hydrogens is 192 g/mol. The van der Waals surface area contributed by atoms with Crippen molar-refractivity contribution in [3.05, 3.63) is 37.9 Å². The number of nitriles is 1. The summed E-state index contributed by atoms with van der Waals surface area (Å²) < 4.78 is 0. The Hall–Kier alpha value is -1.89. The maximum Gasteiger partial charge on any atom is 0.276 e. The highest BCUT2D eigenvalue weighted by atomic mass is 16.6. The highest BCUT2D eigenvalue weighted by Crippen LogP contribution is 2.31. The molecule has 0 amide bonds. The van der Waals surface area contributed by atoms with Crippen LogP contribution >= 0.6 is 0 Å². The van der Waals surface area contributed by atoms with Gasteiger partial charge < -0.3 is 0 Å². The van der Waals surface area contributed by atoms with Crippen LogP contribution in [0.15, 0.2) is 0 Å². The molecule has 0 radical (unpaired) electrons. The molecule has 0 saturated carbocycles. The first-order chi connectivity index (χ1) is 6.91. The summed E-state index contributed by atoms with van der Waals surface area (Å²) in [6.07, 6.45) is 0. The van der Waals surface area contributed by atoms with E-state index in [4.69, 9.17) is 5.26 Å². The fraction of sp³-hybridized carbons (Fsp3) is 0.364. The van der Waals surface area contributed by atoms with Crippen LogP contribution in [0.5, 0.6) is 0 Å². The summed E-state index contributed by atoms with van der Waals surface area (Å²) in [5.41, 5.74) is 3.25. The number of nitro benzene ring substituents is 1. The molecule has 0 saturated heterocycles. The molecule has 0 aliphatic heterocycles. The van der Waals surface area contributed by atoms with Crippen LogP contribution in [0.2, 0.25) is 0 Å². The first-order valence-electron chi connectivity index (χ1n) is 4.56. The van der Waals surface area contributed by atoms with Gasteiger partial charge in [0.15, 0.2) is 0 Å². The van der Waals surface area contributed by atoms with Crippen molar-refractivity contribution in [2.24, 2.45) is 0 Å². The van der Waals surface area contributed by atoms with Gasteiger partial charge in [-0.1, -0.05) is 0 Å². The second kappa shape index (κ2) is 3.70. The molecule has 0 N–H and O–H groups in total. The summed E-state index contributed by atoms with van der Waals surface area (Å²) in [6, 6.07) is 2.02. The normalized spacial score (nSPS) is 9.80. The predicted octanol–water partition coefficient (Wildman–Crippen LogP) is 2.70. The predicted molar refractivity (Wildman–Crippen MR) is 56.8 cm³/mol. The van der Waals surface area contributed by atoms with Gasteiger partial charge in [-0.2, -0.15) is 5.26 Å². The van der Waals surface area contributed by atoms with Gasteiger partial charge in [-0.05, 0) is 38.8 Å². The minimum absolute atomic E-state index is 0.0645. The van der Waals surface area contributed by atoms with E-state index in [0.29, 0.717) is 16.7 Å². The lowest BCUT2D eigenvalue weighted by Crippen LogP contribution is -2.03. The van der Waals surface area contributed by atoms with Crippen molar-refractivity contribution in [3.63, 3.8) is 0 Å². The van der Waals surface area contributed by atoms with Crippen LogP contribution in [0.1, 0.15) is 27.8 Å². The maximum atomic E-state index is 10.9. The highest BCUT2D eigenvalue weighted by molar-refractivity contribution is 5.61. The number of hydrogen-bond acceptors (Lipinski definition) is 3. The Morgan fingerprint density at radius 2 is 1.60 bits per heavy atom. The first-order valence-corrected chi connectivity index (χ1v) is 4.56. The zero-order valence-corrected chi connectivity index (χ0v) is 9.21. The molecule has 1 aromatic rings. The molecule has 0 bridgehead atoms. The molecule has 15 heavy (non-hydrogen) atoms. The summed E-state index contributed by atoms with van der Waals surface area (Å²) in [4.78, 5) is 10.5. The van der Waals surface area contributed by atoms with E-state index in [9.17, 15) is 10.1 Å². The van der Waals surface area contributed by atoms with Gasteiger partial charge in [0.25, 0.3) is 5.69 Å². The van der Waals surface area contributed by atoms with Gasteiger partial charge in [-0.15, -0.1) is 0 Å². The Morgan fingerprint density at radius 3 is 2.00 bits per heavy atom. The molecule has 4 heteroatoms. The average molecular weight is 204 g/mol. The summed E-state index contributed by atoms with van der Waals surface area (Å²) in [5, 5.41) is 19.8. The lowest BCUT2D eigenvalue weighted by molar-refractivity contribution is -0.386. The largest absolute Gasteiger partial charge is 0.276 e. The maximum absolute atomic E-state index is 10.9. The lowest BCUT2D eigenvalue weighted by Gasteiger charge is -2.10. The Morgan fingerprint density at radius 1 is 1.07 bits per heavy atom. The van der Waals surface area contributed by atoms with Crippen molar-refractivity contribution in [2.75, 3.05) is 0 Å². The third-order valence-electron chi connectivity index (χ3n) is 2.88. The van der Waals surface area contributed by atoms with Gasteiger partial charge in [-0.3, -0.25) is 10.1 Å². The van der Waals surface area contributed by atoms with Crippen LogP contribution in [-0.4, -0.2) is 4.92 Å². The number of benzene rings is 1. The van der Waals surface area contributed by atoms with E-state index in [1.165, 1.54) is 0 Å². The first kappa shape index (κ1) is 11.2. The van der Waals surface area contributed by atoms with Crippen molar-refractivity contribution in [1.82, 2.24) is 0 Å². The van der Waals surface area contributed by atoms with E-state index in [0.717, 1.165) is 11.1 Å². The number of hydrogen-bond donors (Lipinski definition) is 0. The fourth-order valence-electron chi connectivity index (χ4n) is 1.77. The molecule has 1 aromatic carbocycles. The molecule has 0 atom stereocenters. The highest BCUT2D eigenvalue weighted by Gasteiger charge is 2.22. The number of nitro groups is 1. The minimum atomic E-state index is -0.419. The van der Waals surface area contributed by atoms with Gasteiger partial charge in [0.05, 0.1) is 16.6 Å². The fourth-order valence-corrected chi connectivity index (χ4v) is 1.77. The van der Waals surface area contributed by atoms with Crippen LogP contribution in [0.25, 0.3) is 0 Å². The molecule has 0 aliphatic rings.